The first-order chi connectivity index (χ1) is 16.0. The van der Waals surface area contributed by atoms with Crippen LogP contribution in [0.4, 0.5) is 0 Å². The van der Waals surface area contributed by atoms with Crippen molar-refractivity contribution in [2.24, 2.45) is 5.92 Å². The number of methoxy groups -OCH3 is 1. The van der Waals surface area contributed by atoms with Crippen LogP contribution in [0.1, 0.15) is 116 Å². The number of aliphatic hydroxyl groups is 1. The van der Waals surface area contributed by atoms with Crippen molar-refractivity contribution in [3.63, 3.8) is 0 Å². The molecule has 0 bridgehead atoms. The minimum atomic E-state index is -0.788. The third-order valence-corrected chi connectivity index (χ3v) is 8.09. The zero-order valence-corrected chi connectivity index (χ0v) is 21.9. The van der Waals surface area contributed by atoms with Crippen molar-refractivity contribution in [3.8, 4) is 0 Å². The van der Waals surface area contributed by atoms with Crippen LogP contribution in [0, 0.1) is 5.92 Å². The molecule has 0 saturated heterocycles. The number of carboxylic acid groups (broad SMARTS) is 1. The standard InChI is InChI=1S/C27H48O5S/c1-3-4-5-6-7-8-9-10-11-12-13-14-16-23-20-19-22(17-15-18-24(28)29)26(31)27(23)33-21-25(30)32-2/h16,22,26-27,31H,3-15,17-21H2,1-2H3,(H,28,29)/b23-16+/t22-,26-,27+/m1/s1. The summed E-state index contributed by atoms with van der Waals surface area (Å²) in [5, 5.41) is 19.8. The number of hydrogen-bond acceptors (Lipinski definition) is 5. The van der Waals surface area contributed by atoms with E-state index in [1.807, 2.05) is 0 Å². The number of allylic oxidation sites excluding steroid dienone is 1. The zero-order valence-electron chi connectivity index (χ0n) is 21.1. The summed E-state index contributed by atoms with van der Waals surface area (Å²) in [5.41, 5.74) is 1.25. The van der Waals surface area contributed by atoms with E-state index in [9.17, 15) is 14.7 Å². The highest BCUT2D eigenvalue weighted by molar-refractivity contribution is 8.00. The quantitative estimate of drug-likeness (QED) is 0.118. The third-order valence-electron chi connectivity index (χ3n) is 6.75. The zero-order chi connectivity index (χ0) is 24.3. The highest BCUT2D eigenvalue weighted by Crippen LogP contribution is 2.39. The van der Waals surface area contributed by atoms with Gasteiger partial charge >= 0.3 is 11.9 Å². The van der Waals surface area contributed by atoms with Crippen LogP contribution in [0.2, 0.25) is 0 Å². The fraction of sp³-hybridized carbons (Fsp3) is 0.852. The van der Waals surface area contributed by atoms with E-state index in [0.29, 0.717) is 12.8 Å². The average molecular weight is 485 g/mol. The number of carboxylic acids is 1. The van der Waals surface area contributed by atoms with Gasteiger partial charge in [-0.05, 0) is 44.4 Å². The van der Waals surface area contributed by atoms with E-state index in [1.54, 1.807) is 0 Å². The Morgan fingerprint density at radius 1 is 1.00 bits per heavy atom. The molecule has 0 aromatic carbocycles. The van der Waals surface area contributed by atoms with Crippen LogP contribution in [0.3, 0.4) is 0 Å². The van der Waals surface area contributed by atoms with Crippen LogP contribution >= 0.6 is 11.8 Å². The predicted molar refractivity (Wildman–Crippen MR) is 138 cm³/mol. The summed E-state index contributed by atoms with van der Waals surface area (Å²) in [5.74, 6) is -0.733. The Bertz CT molecular complexity index is 563. The molecule has 2 N–H and O–H groups in total. The number of aliphatic carboxylic acids is 1. The monoisotopic (exact) mass is 484 g/mol. The van der Waals surface area contributed by atoms with Crippen molar-refractivity contribution in [3.05, 3.63) is 11.6 Å². The van der Waals surface area contributed by atoms with E-state index in [4.69, 9.17) is 9.84 Å². The Labute approximate surface area is 206 Å². The molecule has 0 amide bonds. The molecule has 0 spiro atoms. The molecule has 0 aliphatic heterocycles. The van der Waals surface area contributed by atoms with Crippen molar-refractivity contribution < 1.29 is 24.5 Å². The summed E-state index contributed by atoms with van der Waals surface area (Å²) in [4.78, 5) is 22.5. The Morgan fingerprint density at radius 3 is 2.18 bits per heavy atom. The number of ether oxygens (including phenoxy) is 1. The van der Waals surface area contributed by atoms with Gasteiger partial charge in [0.05, 0.1) is 24.2 Å². The number of thioether (sulfide) groups is 1. The normalized spacial score (nSPS) is 21.9. The van der Waals surface area contributed by atoms with Gasteiger partial charge in [-0.25, -0.2) is 0 Å². The van der Waals surface area contributed by atoms with Crippen molar-refractivity contribution in [1.82, 2.24) is 0 Å². The molecule has 192 valence electrons. The summed E-state index contributed by atoms with van der Waals surface area (Å²) in [7, 11) is 1.39. The topological polar surface area (TPSA) is 83.8 Å². The van der Waals surface area contributed by atoms with Gasteiger partial charge in [0.2, 0.25) is 0 Å². The first kappa shape index (κ1) is 30.0. The van der Waals surface area contributed by atoms with Gasteiger partial charge in [-0.15, -0.1) is 11.8 Å². The Kier molecular flexibility index (Phi) is 17.6. The lowest BCUT2D eigenvalue weighted by atomic mass is 9.80. The SMILES string of the molecule is CCCCCCCCCCCCC/C=C1\CC[C@@H](CCCC(=O)O)[C@@H](O)[C@H]1SCC(=O)OC. The molecule has 1 fully saturated rings. The van der Waals surface area contributed by atoms with Gasteiger partial charge in [0.15, 0.2) is 0 Å². The molecule has 1 aliphatic rings. The second kappa shape index (κ2) is 19.3. The van der Waals surface area contributed by atoms with Crippen molar-refractivity contribution in [1.29, 1.82) is 0 Å². The van der Waals surface area contributed by atoms with Gasteiger partial charge in [-0.2, -0.15) is 0 Å². The number of esters is 1. The predicted octanol–water partition coefficient (Wildman–Crippen LogP) is 6.91. The summed E-state index contributed by atoms with van der Waals surface area (Å²) < 4.78 is 4.78. The molecular formula is C27H48O5S. The van der Waals surface area contributed by atoms with Gasteiger partial charge in [-0.1, -0.05) is 82.8 Å². The molecule has 5 nitrogen and oxygen atoms in total. The molecule has 1 saturated carbocycles. The fourth-order valence-corrected chi connectivity index (χ4v) is 5.98. The lowest BCUT2D eigenvalue weighted by molar-refractivity contribution is -0.138. The molecule has 0 aromatic heterocycles. The first-order valence-electron chi connectivity index (χ1n) is 13.3. The summed E-state index contributed by atoms with van der Waals surface area (Å²) in [6.45, 7) is 2.26. The van der Waals surface area contributed by atoms with Crippen LogP contribution in [0.15, 0.2) is 11.6 Å². The smallest absolute Gasteiger partial charge is 0.315 e. The summed E-state index contributed by atoms with van der Waals surface area (Å²) in [6, 6.07) is 0. The Balaban J connectivity index is 2.37. The molecule has 6 heteroatoms. The minimum absolute atomic E-state index is 0.0959. The number of carbonyl (C=O) groups excluding carboxylic acids is 1. The highest BCUT2D eigenvalue weighted by Gasteiger charge is 2.35. The molecule has 1 aliphatic carbocycles. The number of hydrogen-bond donors (Lipinski definition) is 2. The molecular weight excluding hydrogens is 436 g/mol. The molecule has 1 rings (SSSR count). The highest BCUT2D eigenvalue weighted by atomic mass is 32.2. The molecule has 0 radical (unpaired) electrons. The van der Waals surface area contributed by atoms with E-state index in [2.05, 4.69) is 13.0 Å². The van der Waals surface area contributed by atoms with Crippen LogP contribution in [-0.4, -0.2) is 46.4 Å². The lowest BCUT2D eigenvalue weighted by Gasteiger charge is -2.36. The van der Waals surface area contributed by atoms with Crippen molar-refractivity contribution in [2.45, 2.75) is 127 Å². The number of unbranched alkanes of at least 4 members (excludes halogenated alkanes) is 11. The number of rotatable bonds is 19. The lowest BCUT2D eigenvalue weighted by Crippen LogP contribution is -2.38. The minimum Gasteiger partial charge on any atom is -0.481 e. The largest absolute Gasteiger partial charge is 0.481 e. The van der Waals surface area contributed by atoms with E-state index in [-0.39, 0.29) is 29.3 Å². The summed E-state index contributed by atoms with van der Waals surface area (Å²) >= 11 is 1.46. The van der Waals surface area contributed by atoms with Crippen LogP contribution in [0.5, 0.6) is 0 Å². The Morgan fingerprint density at radius 2 is 1.61 bits per heavy atom. The van der Waals surface area contributed by atoms with Gasteiger partial charge in [-0.3, -0.25) is 9.59 Å². The molecule has 33 heavy (non-hydrogen) atoms. The van der Waals surface area contributed by atoms with Crippen LogP contribution < -0.4 is 0 Å². The van der Waals surface area contributed by atoms with Crippen LogP contribution in [0.25, 0.3) is 0 Å². The third kappa shape index (κ3) is 14.1. The molecule has 0 aromatic rings. The van der Waals surface area contributed by atoms with Gasteiger partial charge < -0.3 is 14.9 Å². The Hall–Kier alpha value is -1.01. The van der Waals surface area contributed by atoms with E-state index in [0.717, 1.165) is 19.3 Å². The summed E-state index contributed by atoms with van der Waals surface area (Å²) in [6.07, 6.45) is 20.7. The van der Waals surface area contributed by atoms with E-state index in [1.165, 1.54) is 95.1 Å². The maximum atomic E-state index is 11.7. The fourth-order valence-electron chi connectivity index (χ4n) is 4.70. The average Bonchev–Trinajstić information content (AvgIpc) is 2.80. The second-order valence-corrected chi connectivity index (χ2v) is 10.6. The van der Waals surface area contributed by atoms with E-state index < -0.39 is 12.1 Å². The number of aliphatic hydroxyl groups excluding tert-OH is 1. The molecule has 3 atom stereocenters. The maximum absolute atomic E-state index is 11.7. The first-order valence-corrected chi connectivity index (χ1v) is 14.3. The van der Waals surface area contributed by atoms with Gasteiger partial charge in [0.1, 0.15) is 0 Å². The van der Waals surface area contributed by atoms with Gasteiger partial charge in [0.25, 0.3) is 0 Å². The second-order valence-electron chi connectivity index (χ2n) is 9.49. The molecule has 0 unspecified atom stereocenters. The maximum Gasteiger partial charge on any atom is 0.315 e. The van der Waals surface area contributed by atoms with Gasteiger partial charge in [0, 0.05) is 6.42 Å². The van der Waals surface area contributed by atoms with Crippen LogP contribution in [-0.2, 0) is 14.3 Å². The van der Waals surface area contributed by atoms with Crippen molar-refractivity contribution >= 4 is 23.7 Å². The molecule has 0 heterocycles. The van der Waals surface area contributed by atoms with Crippen molar-refractivity contribution in [2.75, 3.05) is 12.9 Å². The number of carbonyl (C=O) groups is 2. The van der Waals surface area contributed by atoms with E-state index >= 15 is 0 Å².